The summed E-state index contributed by atoms with van der Waals surface area (Å²) >= 11 is 13.4. The van der Waals surface area contributed by atoms with Gasteiger partial charge in [0.15, 0.2) is 11.0 Å². The molecule has 0 saturated heterocycles. The molecule has 0 aliphatic carbocycles. The number of nitrogens with zero attached hydrogens (tertiary/aromatic N) is 5. The van der Waals surface area contributed by atoms with Crippen LogP contribution in [0.15, 0.2) is 83.3 Å². The zero-order chi connectivity index (χ0) is 22.3. The zero-order valence-corrected chi connectivity index (χ0v) is 18.8. The van der Waals surface area contributed by atoms with E-state index in [4.69, 9.17) is 23.2 Å². The maximum absolute atomic E-state index is 12.3. The Morgan fingerprint density at radius 3 is 2.59 bits per heavy atom. The number of thioether (sulfide) groups is 1. The smallest absolute Gasteiger partial charge is 0.250 e. The van der Waals surface area contributed by atoms with Crippen LogP contribution in [-0.4, -0.2) is 37.6 Å². The van der Waals surface area contributed by atoms with E-state index >= 15 is 0 Å². The third kappa shape index (κ3) is 5.16. The summed E-state index contributed by atoms with van der Waals surface area (Å²) in [6.45, 7) is 0. The van der Waals surface area contributed by atoms with Crippen molar-refractivity contribution in [1.29, 1.82) is 0 Å². The number of benzene rings is 2. The topological polar surface area (TPSA) is 85.1 Å². The largest absolute Gasteiger partial charge is 0.272 e. The summed E-state index contributed by atoms with van der Waals surface area (Å²) in [7, 11) is 0. The van der Waals surface area contributed by atoms with E-state index in [1.54, 1.807) is 30.6 Å². The number of rotatable bonds is 7. The van der Waals surface area contributed by atoms with Gasteiger partial charge in [-0.25, -0.2) is 5.43 Å². The Balaban J connectivity index is 1.48. The van der Waals surface area contributed by atoms with Crippen LogP contribution >= 0.6 is 35.0 Å². The minimum atomic E-state index is -0.294. The first-order valence-electron chi connectivity index (χ1n) is 9.43. The van der Waals surface area contributed by atoms with Crippen molar-refractivity contribution in [2.75, 3.05) is 5.75 Å². The van der Waals surface area contributed by atoms with Crippen LogP contribution in [0.5, 0.6) is 0 Å². The lowest BCUT2D eigenvalue weighted by atomic mass is 10.2. The average Bonchev–Trinajstić information content (AvgIpc) is 3.25. The molecule has 0 spiro atoms. The van der Waals surface area contributed by atoms with Crippen molar-refractivity contribution < 1.29 is 4.79 Å². The first-order chi connectivity index (χ1) is 15.6. The summed E-state index contributed by atoms with van der Waals surface area (Å²) in [5.41, 5.74) is 4.86. The monoisotopic (exact) mass is 482 g/mol. The number of para-hydroxylation sites is 1. The van der Waals surface area contributed by atoms with Crippen LogP contribution in [0, 0.1) is 0 Å². The van der Waals surface area contributed by atoms with Crippen molar-refractivity contribution in [2.24, 2.45) is 5.10 Å². The van der Waals surface area contributed by atoms with Crippen molar-refractivity contribution in [1.82, 2.24) is 25.2 Å². The van der Waals surface area contributed by atoms with Crippen LogP contribution in [0.1, 0.15) is 5.56 Å². The molecule has 32 heavy (non-hydrogen) atoms. The maximum Gasteiger partial charge on any atom is 0.250 e. The van der Waals surface area contributed by atoms with E-state index < -0.39 is 0 Å². The second kappa shape index (κ2) is 10.4. The molecule has 160 valence electrons. The molecule has 2 aromatic heterocycles. The fraction of sp³-hybridized carbons (Fsp3) is 0.0455. The van der Waals surface area contributed by atoms with E-state index in [-0.39, 0.29) is 11.7 Å². The summed E-state index contributed by atoms with van der Waals surface area (Å²) in [6, 6.07) is 18.6. The Labute approximate surface area is 198 Å². The van der Waals surface area contributed by atoms with Crippen LogP contribution in [0.2, 0.25) is 10.0 Å². The molecular formula is C22H16Cl2N6OS. The molecule has 0 saturated carbocycles. The van der Waals surface area contributed by atoms with Crippen molar-refractivity contribution in [3.63, 3.8) is 0 Å². The number of carbonyl (C=O) groups is 1. The lowest BCUT2D eigenvalue weighted by molar-refractivity contribution is -0.118. The normalized spacial score (nSPS) is 11.1. The van der Waals surface area contributed by atoms with E-state index in [2.05, 4.69) is 25.7 Å². The second-order valence-corrected chi connectivity index (χ2v) is 8.17. The predicted molar refractivity (Wildman–Crippen MR) is 128 cm³/mol. The van der Waals surface area contributed by atoms with E-state index in [0.29, 0.717) is 26.6 Å². The van der Waals surface area contributed by atoms with Gasteiger partial charge in [-0.05, 0) is 30.3 Å². The highest BCUT2D eigenvalue weighted by molar-refractivity contribution is 7.99. The molecule has 2 heterocycles. The fourth-order valence-corrected chi connectivity index (χ4v) is 3.92. The summed E-state index contributed by atoms with van der Waals surface area (Å²) in [5.74, 6) is 0.467. The van der Waals surface area contributed by atoms with Gasteiger partial charge in [0.05, 0.1) is 22.0 Å². The molecule has 4 rings (SSSR count). The standard InChI is InChI=1S/C22H16Cl2N6OS/c23-18-8-4-5-16(20(18)24)13-26-27-19(31)14-32-22-29-28-21(15-9-11-25-12-10-15)30(22)17-6-2-1-3-7-17/h1-13H,14H2,(H,27,31). The Bertz CT molecular complexity index is 1250. The highest BCUT2D eigenvalue weighted by Crippen LogP contribution is 2.27. The number of pyridine rings is 1. The number of hydrogen-bond donors (Lipinski definition) is 1. The van der Waals surface area contributed by atoms with Crippen LogP contribution in [0.3, 0.4) is 0 Å². The predicted octanol–water partition coefficient (Wildman–Crippen LogP) is 4.88. The first kappa shape index (κ1) is 22.0. The number of amides is 1. The Kier molecular flexibility index (Phi) is 7.16. The number of hydrogen-bond acceptors (Lipinski definition) is 6. The third-order valence-electron chi connectivity index (χ3n) is 4.29. The molecule has 0 atom stereocenters. The van der Waals surface area contributed by atoms with Gasteiger partial charge in [0.25, 0.3) is 5.91 Å². The van der Waals surface area contributed by atoms with Gasteiger partial charge in [0.2, 0.25) is 0 Å². The Morgan fingerprint density at radius 2 is 1.81 bits per heavy atom. The molecule has 7 nitrogen and oxygen atoms in total. The molecule has 0 fully saturated rings. The Hall–Kier alpha value is -3.20. The van der Waals surface area contributed by atoms with Gasteiger partial charge in [0.1, 0.15) is 0 Å². The number of halogens is 2. The molecule has 1 amide bonds. The Morgan fingerprint density at radius 1 is 1.03 bits per heavy atom. The third-order valence-corrected chi connectivity index (χ3v) is 6.06. The molecular weight excluding hydrogens is 467 g/mol. The summed E-state index contributed by atoms with van der Waals surface area (Å²) in [6.07, 6.45) is 4.85. The van der Waals surface area contributed by atoms with E-state index in [1.165, 1.54) is 18.0 Å². The average molecular weight is 483 g/mol. The number of aromatic nitrogens is 4. The van der Waals surface area contributed by atoms with Gasteiger partial charge in [-0.1, -0.05) is 65.3 Å². The summed E-state index contributed by atoms with van der Waals surface area (Å²) in [4.78, 5) is 16.4. The molecule has 2 aromatic carbocycles. The number of carbonyl (C=O) groups excluding carboxylic acids is 1. The SMILES string of the molecule is O=C(CSc1nnc(-c2ccncc2)n1-c1ccccc1)NN=Cc1cccc(Cl)c1Cl. The molecule has 0 bridgehead atoms. The van der Waals surface area contributed by atoms with E-state index in [1.807, 2.05) is 47.0 Å². The van der Waals surface area contributed by atoms with E-state index in [9.17, 15) is 4.79 Å². The lowest BCUT2D eigenvalue weighted by Gasteiger charge is -2.10. The zero-order valence-electron chi connectivity index (χ0n) is 16.5. The second-order valence-electron chi connectivity index (χ2n) is 6.44. The van der Waals surface area contributed by atoms with Crippen LogP contribution in [-0.2, 0) is 4.79 Å². The highest BCUT2D eigenvalue weighted by atomic mass is 35.5. The quantitative estimate of drug-likeness (QED) is 0.230. The molecule has 0 aliphatic heterocycles. The molecule has 0 aliphatic rings. The van der Waals surface area contributed by atoms with Gasteiger partial charge in [-0.3, -0.25) is 14.3 Å². The maximum atomic E-state index is 12.3. The van der Waals surface area contributed by atoms with Crippen molar-refractivity contribution in [3.8, 4) is 17.1 Å². The number of nitrogens with one attached hydrogen (secondary N) is 1. The van der Waals surface area contributed by atoms with Crippen LogP contribution in [0.4, 0.5) is 0 Å². The molecule has 1 N–H and O–H groups in total. The molecule has 4 aromatic rings. The van der Waals surface area contributed by atoms with Gasteiger partial charge in [-0.2, -0.15) is 5.10 Å². The molecule has 10 heteroatoms. The first-order valence-corrected chi connectivity index (χ1v) is 11.2. The van der Waals surface area contributed by atoms with Gasteiger partial charge in [-0.15, -0.1) is 10.2 Å². The van der Waals surface area contributed by atoms with E-state index in [0.717, 1.165) is 11.3 Å². The van der Waals surface area contributed by atoms with Crippen LogP contribution < -0.4 is 5.43 Å². The number of hydrazone groups is 1. The molecule has 0 unspecified atom stereocenters. The summed E-state index contributed by atoms with van der Waals surface area (Å²) < 4.78 is 1.91. The lowest BCUT2D eigenvalue weighted by Crippen LogP contribution is -2.20. The molecule has 0 radical (unpaired) electrons. The highest BCUT2D eigenvalue weighted by Gasteiger charge is 2.17. The minimum absolute atomic E-state index is 0.0991. The van der Waals surface area contributed by atoms with Gasteiger partial charge < -0.3 is 0 Å². The van der Waals surface area contributed by atoms with Crippen molar-refractivity contribution in [2.45, 2.75) is 5.16 Å². The van der Waals surface area contributed by atoms with Gasteiger partial charge in [0, 0.05) is 29.2 Å². The minimum Gasteiger partial charge on any atom is -0.272 e. The van der Waals surface area contributed by atoms with Gasteiger partial charge >= 0.3 is 0 Å². The van der Waals surface area contributed by atoms with Crippen molar-refractivity contribution in [3.05, 3.63) is 88.7 Å². The van der Waals surface area contributed by atoms with Crippen LogP contribution in [0.25, 0.3) is 17.1 Å². The summed E-state index contributed by atoms with van der Waals surface area (Å²) in [5, 5.41) is 14.0. The van der Waals surface area contributed by atoms with Crippen molar-refractivity contribution >= 4 is 47.1 Å². The fourth-order valence-electron chi connectivity index (χ4n) is 2.82.